The van der Waals surface area contributed by atoms with Crippen LogP contribution in [-0.4, -0.2) is 28.2 Å². The summed E-state index contributed by atoms with van der Waals surface area (Å²) in [6.07, 6.45) is -2.81. The first-order chi connectivity index (χ1) is 7.97. The molecule has 0 spiro atoms. The highest BCUT2D eigenvalue weighted by molar-refractivity contribution is 5.49. The van der Waals surface area contributed by atoms with Crippen LogP contribution in [0.15, 0.2) is 12.4 Å². The van der Waals surface area contributed by atoms with Crippen molar-refractivity contribution >= 4 is 11.6 Å². The molecule has 1 fully saturated rings. The third-order valence-corrected chi connectivity index (χ3v) is 2.68. The Morgan fingerprint density at radius 1 is 1.29 bits per heavy atom. The predicted molar refractivity (Wildman–Crippen MR) is 57.8 cm³/mol. The first kappa shape index (κ1) is 11.9. The van der Waals surface area contributed by atoms with Gasteiger partial charge in [-0.1, -0.05) is 0 Å². The fourth-order valence-corrected chi connectivity index (χ4v) is 1.55. The van der Waals surface area contributed by atoms with E-state index in [0.29, 0.717) is 12.4 Å². The monoisotopic (exact) mass is 246 g/mol. The lowest BCUT2D eigenvalue weighted by Crippen LogP contribution is -2.38. The van der Waals surface area contributed by atoms with E-state index in [1.165, 1.54) is 12.4 Å². The molecule has 94 valence electrons. The lowest BCUT2D eigenvalue weighted by atomic mass is 10.2. The summed E-state index contributed by atoms with van der Waals surface area (Å²) >= 11 is 0. The zero-order valence-corrected chi connectivity index (χ0v) is 9.30. The molecule has 17 heavy (non-hydrogen) atoms. The lowest BCUT2D eigenvalue weighted by molar-refractivity contribution is -0.151. The van der Waals surface area contributed by atoms with E-state index in [1.54, 1.807) is 0 Å². The number of anilines is 2. The van der Waals surface area contributed by atoms with Gasteiger partial charge in [0.2, 0.25) is 0 Å². The molecule has 2 N–H and O–H groups in total. The number of halogens is 3. The molecule has 0 aromatic carbocycles. The van der Waals surface area contributed by atoms with Gasteiger partial charge in [-0.2, -0.15) is 13.2 Å². The van der Waals surface area contributed by atoms with E-state index in [9.17, 15) is 13.2 Å². The summed E-state index contributed by atoms with van der Waals surface area (Å²) in [5.41, 5.74) is -1.79. The van der Waals surface area contributed by atoms with E-state index < -0.39 is 11.7 Å². The van der Waals surface area contributed by atoms with Crippen LogP contribution >= 0.6 is 0 Å². The van der Waals surface area contributed by atoms with Crippen molar-refractivity contribution in [2.45, 2.75) is 31.5 Å². The zero-order valence-electron chi connectivity index (χ0n) is 9.30. The molecule has 1 heterocycles. The molecule has 2 rings (SSSR count). The summed E-state index contributed by atoms with van der Waals surface area (Å²) < 4.78 is 38.1. The third kappa shape index (κ3) is 2.42. The van der Waals surface area contributed by atoms with Crippen molar-refractivity contribution < 1.29 is 13.2 Å². The topological polar surface area (TPSA) is 49.8 Å². The summed E-state index contributed by atoms with van der Waals surface area (Å²) in [6, 6.07) is 1.48. The molecule has 1 aromatic rings. The van der Waals surface area contributed by atoms with E-state index in [4.69, 9.17) is 0 Å². The summed E-state index contributed by atoms with van der Waals surface area (Å²) in [6.45, 7) is 2.54. The van der Waals surface area contributed by atoms with Crippen molar-refractivity contribution in [2.24, 2.45) is 0 Å². The number of nitrogens with one attached hydrogen (secondary N) is 2. The second kappa shape index (κ2) is 4.05. The third-order valence-electron chi connectivity index (χ3n) is 2.68. The molecule has 0 bridgehead atoms. The van der Waals surface area contributed by atoms with Gasteiger partial charge in [-0.3, -0.25) is 0 Å². The zero-order chi connectivity index (χ0) is 12.5. The number of aromatic nitrogens is 2. The molecule has 0 amide bonds. The van der Waals surface area contributed by atoms with E-state index in [1.807, 2.05) is 6.92 Å². The highest BCUT2D eigenvalue weighted by Gasteiger charge is 2.63. The van der Waals surface area contributed by atoms with Crippen LogP contribution in [0.2, 0.25) is 0 Å². The molecule has 0 atom stereocenters. The number of hydrogen-bond acceptors (Lipinski definition) is 4. The lowest BCUT2D eigenvalue weighted by Gasteiger charge is -2.21. The van der Waals surface area contributed by atoms with Crippen molar-refractivity contribution in [2.75, 3.05) is 17.2 Å². The van der Waals surface area contributed by atoms with Crippen molar-refractivity contribution in [3.63, 3.8) is 0 Å². The minimum atomic E-state index is -4.24. The second-order valence-corrected chi connectivity index (χ2v) is 4.02. The number of nitrogens with zero attached hydrogens (tertiary/aromatic N) is 2. The second-order valence-electron chi connectivity index (χ2n) is 4.02. The highest BCUT2D eigenvalue weighted by Crippen LogP contribution is 2.50. The van der Waals surface area contributed by atoms with Crippen LogP contribution in [0.5, 0.6) is 0 Å². The van der Waals surface area contributed by atoms with Gasteiger partial charge >= 0.3 is 6.18 Å². The van der Waals surface area contributed by atoms with Crippen molar-refractivity contribution in [1.82, 2.24) is 9.97 Å². The number of rotatable bonds is 4. The van der Waals surface area contributed by atoms with Gasteiger partial charge in [-0.15, -0.1) is 0 Å². The minimum Gasteiger partial charge on any atom is -0.370 e. The van der Waals surface area contributed by atoms with Gasteiger partial charge < -0.3 is 10.6 Å². The van der Waals surface area contributed by atoms with Crippen LogP contribution in [-0.2, 0) is 0 Å². The number of hydrogen-bond donors (Lipinski definition) is 2. The van der Waals surface area contributed by atoms with Crippen molar-refractivity contribution in [1.29, 1.82) is 0 Å². The van der Waals surface area contributed by atoms with Gasteiger partial charge in [-0.25, -0.2) is 9.97 Å². The Bertz CT molecular complexity index is 401. The van der Waals surface area contributed by atoms with E-state index in [0.717, 1.165) is 0 Å². The summed E-state index contributed by atoms with van der Waals surface area (Å²) in [5, 5.41) is 5.37. The highest BCUT2D eigenvalue weighted by atomic mass is 19.4. The maximum atomic E-state index is 12.7. The van der Waals surface area contributed by atoms with Gasteiger partial charge in [0.05, 0.1) is 0 Å². The Kier molecular flexibility index (Phi) is 2.84. The Hall–Kier alpha value is -1.53. The van der Waals surface area contributed by atoms with Crippen molar-refractivity contribution in [3.8, 4) is 0 Å². The van der Waals surface area contributed by atoms with Crippen LogP contribution in [0.3, 0.4) is 0 Å². The molecular weight excluding hydrogens is 233 g/mol. The molecule has 4 nitrogen and oxygen atoms in total. The molecule has 0 aliphatic heterocycles. The SMILES string of the molecule is CCNc1cc(NC2(C(F)(F)F)CC2)ncn1. The Morgan fingerprint density at radius 3 is 2.47 bits per heavy atom. The fraction of sp³-hybridized carbons (Fsp3) is 0.600. The average Bonchev–Trinajstić information content (AvgIpc) is 2.99. The first-order valence-electron chi connectivity index (χ1n) is 5.38. The Labute approximate surface area is 96.7 Å². The van der Waals surface area contributed by atoms with E-state index in [-0.39, 0.29) is 18.7 Å². The fourth-order valence-electron chi connectivity index (χ4n) is 1.55. The molecule has 1 aliphatic carbocycles. The molecular formula is C10H13F3N4. The molecule has 1 saturated carbocycles. The molecule has 1 aromatic heterocycles. The molecule has 1 aliphatic rings. The maximum absolute atomic E-state index is 12.7. The van der Waals surface area contributed by atoms with Crippen LogP contribution in [0.1, 0.15) is 19.8 Å². The summed E-state index contributed by atoms with van der Waals surface area (Å²) in [7, 11) is 0. The normalized spacial score (nSPS) is 17.6. The average molecular weight is 246 g/mol. The van der Waals surface area contributed by atoms with Crippen LogP contribution in [0.25, 0.3) is 0 Å². The molecule has 0 unspecified atom stereocenters. The first-order valence-corrected chi connectivity index (χ1v) is 5.38. The standard InChI is InChI=1S/C10H13F3N4/c1-2-14-7-5-8(16-6-15-7)17-9(3-4-9)10(11,12)13/h5-6H,2-4H2,1H3,(H2,14,15,16,17). The van der Waals surface area contributed by atoms with E-state index >= 15 is 0 Å². The van der Waals surface area contributed by atoms with Gasteiger partial charge in [0, 0.05) is 12.6 Å². The van der Waals surface area contributed by atoms with Crippen LogP contribution in [0.4, 0.5) is 24.8 Å². The number of alkyl halides is 3. The van der Waals surface area contributed by atoms with Crippen LogP contribution < -0.4 is 10.6 Å². The van der Waals surface area contributed by atoms with Crippen LogP contribution in [0, 0.1) is 0 Å². The quantitative estimate of drug-likeness (QED) is 0.856. The van der Waals surface area contributed by atoms with Gasteiger partial charge in [0.25, 0.3) is 0 Å². The molecule has 7 heteroatoms. The van der Waals surface area contributed by atoms with Gasteiger partial charge in [0.1, 0.15) is 23.5 Å². The minimum absolute atomic E-state index is 0.0943. The molecule has 0 saturated heterocycles. The molecule has 0 radical (unpaired) electrons. The summed E-state index contributed by atoms with van der Waals surface area (Å²) in [4.78, 5) is 7.70. The maximum Gasteiger partial charge on any atom is 0.411 e. The van der Waals surface area contributed by atoms with Gasteiger partial charge in [-0.05, 0) is 19.8 Å². The Balaban J connectivity index is 2.11. The predicted octanol–water partition coefficient (Wildman–Crippen LogP) is 2.42. The Morgan fingerprint density at radius 2 is 1.94 bits per heavy atom. The van der Waals surface area contributed by atoms with Gasteiger partial charge in [0.15, 0.2) is 0 Å². The van der Waals surface area contributed by atoms with Crippen molar-refractivity contribution in [3.05, 3.63) is 12.4 Å². The van der Waals surface area contributed by atoms with E-state index in [2.05, 4.69) is 20.6 Å². The largest absolute Gasteiger partial charge is 0.411 e. The summed E-state index contributed by atoms with van der Waals surface area (Å²) in [5.74, 6) is 0.716. The smallest absolute Gasteiger partial charge is 0.370 e.